The van der Waals surface area contributed by atoms with E-state index in [4.69, 9.17) is 5.73 Å². The fraction of sp³-hybridized carbons (Fsp3) is 1.00. The zero-order valence-corrected chi connectivity index (χ0v) is 11.7. The SMILES string of the molecule is NCC1CCCCC1N1CCCN2CCCC2C1. The minimum absolute atomic E-state index is 0.770. The number of nitrogens with zero attached hydrogens (tertiary/aromatic N) is 2. The Morgan fingerprint density at radius 1 is 0.833 bits per heavy atom. The van der Waals surface area contributed by atoms with Crippen molar-refractivity contribution in [3.63, 3.8) is 0 Å². The highest BCUT2D eigenvalue weighted by Gasteiger charge is 2.34. The summed E-state index contributed by atoms with van der Waals surface area (Å²) in [7, 11) is 0. The van der Waals surface area contributed by atoms with Crippen LogP contribution in [-0.2, 0) is 0 Å². The van der Waals surface area contributed by atoms with Gasteiger partial charge in [-0.15, -0.1) is 0 Å². The molecule has 2 heterocycles. The second kappa shape index (κ2) is 5.89. The number of nitrogens with two attached hydrogens (primary N) is 1. The number of hydrogen-bond acceptors (Lipinski definition) is 3. The smallest absolute Gasteiger partial charge is 0.0223 e. The molecule has 2 saturated heterocycles. The highest BCUT2D eigenvalue weighted by Crippen LogP contribution is 2.31. The molecule has 3 atom stereocenters. The van der Waals surface area contributed by atoms with E-state index in [0.717, 1.165) is 24.5 Å². The van der Waals surface area contributed by atoms with Gasteiger partial charge in [0.05, 0.1) is 0 Å². The summed E-state index contributed by atoms with van der Waals surface area (Å²) >= 11 is 0. The fourth-order valence-electron chi connectivity index (χ4n) is 4.48. The molecule has 3 fully saturated rings. The highest BCUT2D eigenvalue weighted by atomic mass is 15.3. The molecule has 3 heteroatoms. The summed E-state index contributed by atoms with van der Waals surface area (Å²) in [5, 5.41) is 0. The summed E-state index contributed by atoms with van der Waals surface area (Å²) in [6.45, 7) is 6.22. The van der Waals surface area contributed by atoms with Crippen LogP contribution in [0, 0.1) is 5.92 Å². The Kier molecular flexibility index (Phi) is 4.22. The maximum Gasteiger partial charge on any atom is 0.0223 e. The first-order valence-electron chi connectivity index (χ1n) is 8.06. The van der Waals surface area contributed by atoms with E-state index in [1.807, 2.05) is 0 Å². The Labute approximate surface area is 112 Å². The van der Waals surface area contributed by atoms with Crippen LogP contribution in [0.3, 0.4) is 0 Å². The minimum atomic E-state index is 0.770. The summed E-state index contributed by atoms with van der Waals surface area (Å²) in [6.07, 6.45) is 9.80. The molecule has 1 saturated carbocycles. The summed E-state index contributed by atoms with van der Waals surface area (Å²) < 4.78 is 0. The molecule has 0 aromatic rings. The standard InChI is InChI=1S/C15H29N3/c16-11-13-5-1-2-7-15(13)18-10-4-9-17-8-3-6-14(17)12-18/h13-15H,1-12,16H2. The van der Waals surface area contributed by atoms with Gasteiger partial charge in [0.25, 0.3) is 0 Å². The highest BCUT2D eigenvalue weighted by molar-refractivity contribution is 4.90. The lowest BCUT2D eigenvalue weighted by molar-refractivity contribution is 0.0983. The van der Waals surface area contributed by atoms with Crippen molar-refractivity contribution in [3.05, 3.63) is 0 Å². The van der Waals surface area contributed by atoms with E-state index in [1.165, 1.54) is 71.1 Å². The molecule has 3 nitrogen and oxygen atoms in total. The Hall–Kier alpha value is -0.120. The number of hydrogen-bond donors (Lipinski definition) is 1. The average Bonchev–Trinajstić information content (AvgIpc) is 2.76. The molecule has 0 aromatic carbocycles. The van der Waals surface area contributed by atoms with Crippen LogP contribution in [0.1, 0.15) is 44.9 Å². The first kappa shape index (κ1) is 12.9. The number of rotatable bonds is 2. The molecular formula is C15H29N3. The van der Waals surface area contributed by atoms with E-state index in [9.17, 15) is 0 Å². The Bertz CT molecular complexity index is 268. The van der Waals surface area contributed by atoms with Crippen molar-refractivity contribution in [2.75, 3.05) is 32.7 Å². The van der Waals surface area contributed by atoms with E-state index in [1.54, 1.807) is 0 Å². The van der Waals surface area contributed by atoms with Crippen molar-refractivity contribution in [1.29, 1.82) is 0 Å². The third-order valence-corrected chi connectivity index (χ3v) is 5.48. The molecule has 0 radical (unpaired) electrons. The molecule has 2 aliphatic heterocycles. The van der Waals surface area contributed by atoms with Crippen LogP contribution in [0.4, 0.5) is 0 Å². The van der Waals surface area contributed by atoms with Gasteiger partial charge in [-0.1, -0.05) is 12.8 Å². The topological polar surface area (TPSA) is 32.5 Å². The van der Waals surface area contributed by atoms with Gasteiger partial charge in [-0.2, -0.15) is 0 Å². The largest absolute Gasteiger partial charge is 0.330 e. The van der Waals surface area contributed by atoms with Crippen LogP contribution in [0.15, 0.2) is 0 Å². The molecular weight excluding hydrogens is 222 g/mol. The Balaban J connectivity index is 1.66. The van der Waals surface area contributed by atoms with E-state index >= 15 is 0 Å². The zero-order chi connectivity index (χ0) is 12.4. The first-order valence-corrected chi connectivity index (χ1v) is 8.06. The second-order valence-electron chi connectivity index (χ2n) is 6.53. The third-order valence-electron chi connectivity index (χ3n) is 5.48. The van der Waals surface area contributed by atoms with Gasteiger partial charge in [0.15, 0.2) is 0 Å². The zero-order valence-electron chi connectivity index (χ0n) is 11.7. The molecule has 3 unspecified atom stereocenters. The molecule has 3 rings (SSSR count). The van der Waals surface area contributed by atoms with Crippen molar-refractivity contribution in [1.82, 2.24) is 9.80 Å². The molecule has 0 bridgehead atoms. The van der Waals surface area contributed by atoms with Gasteiger partial charge in [-0.3, -0.25) is 9.80 Å². The quantitative estimate of drug-likeness (QED) is 0.810. The number of fused-ring (bicyclic) bond motifs is 1. The molecule has 2 N–H and O–H groups in total. The van der Waals surface area contributed by atoms with E-state index in [-0.39, 0.29) is 0 Å². The minimum Gasteiger partial charge on any atom is -0.330 e. The van der Waals surface area contributed by atoms with Crippen LogP contribution in [0.25, 0.3) is 0 Å². The lowest BCUT2D eigenvalue weighted by atomic mass is 9.83. The lowest BCUT2D eigenvalue weighted by Crippen LogP contribution is -2.48. The van der Waals surface area contributed by atoms with Gasteiger partial charge in [-0.05, 0) is 64.2 Å². The predicted octanol–water partition coefficient (Wildman–Crippen LogP) is 1.67. The first-order chi connectivity index (χ1) is 8.88. The van der Waals surface area contributed by atoms with E-state index < -0.39 is 0 Å². The Morgan fingerprint density at radius 3 is 2.50 bits per heavy atom. The molecule has 0 amide bonds. The second-order valence-corrected chi connectivity index (χ2v) is 6.53. The average molecular weight is 251 g/mol. The van der Waals surface area contributed by atoms with E-state index in [2.05, 4.69) is 9.80 Å². The molecule has 0 aromatic heterocycles. The van der Waals surface area contributed by atoms with Crippen LogP contribution >= 0.6 is 0 Å². The monoisotopic (exact) mass is 251 g/mol. The van der Waals surface area contributed by atoms with Gasteiger partial charge in [0, 0.05) is 18.6 Å². The van der Waals surface area contributed by atoms with Crippen molar-refractivity contribution in [3.8, 4) is 0 Å². The van der Waals surface area contributed by atoms with Gasteiger partial charge in [0.1, 0.15) is 0 Å². The lowest BCUT2D eigenvalue weighted by Gasteiger charge is -2.40. The molecule has 3 aliphatic rings. The van der Waals surface area contributed by atoms with Gasteiger partial charge in [-0.25, -0.2) is 0 Å². The summed E-state index contributed by atoms with van der Waals surface area (Å²) in [5.74, 6) is 0.770. The summed E-state index contributed by atoms with van der Waals surface area (Å²) in [6, 6.07) is 1.65. The van der Waals surface area contributed by atoms with Gasteiger partial charge < -0.3 is 5.73 Å². The normalized spacial score (nSPS) is 39.5. The molecule has 0 spiro atoms. The maximum absolute atomic E-state index is 6.01. The Morgan fingerprint density at radius 2 is 1.61 bits per heavy atom. The summed E-state index contributed by atoms with van der Waals surface area (Å²) in [4.78, 5) is 5.55. The molecule has 18 heavy (non-hydrogen) atoms. The van der Waals surface area contributed by atoms with Crippen molar-refractivity contribution >= 4 is 0 Å². The molecule has 104 valence electrons. The van der Waals surface area contributed by atoms with Gasteiger partial charge >= 0.3 is 0 Å². The van der Waals surface area contributed by atoms with Crippen LogP contribution < -0.4 is 5.73 Å². The van der Waals surface area contributed by atoms with Crippen molar-refractivity contribution in [2.24, 2.45) is 11.7 Å². The molecule has 1 aliphatic carbocycles. The predicted molar refractivity (Wildman–Crippen MR) is 75.6 cm³/mol. The third kappa shape index (κ3) is 2.59. The summed E-state index contributed by atoms with van der Waals surface area (Å²) in [5.41, 5.74) is 6.01. The van der Waals surface area contributed by atoms with Crippen LogP contribution in [-0.4, -0.2) is 54.6 Å². The fourth-order valence-corrected chi connectivity index (χ4v) is 4.48. The van der Waals surface area contributed by atoms with Crippen LogP contribution in [0.2, 0.25) is 0 Å². The van der Waals surface area contributed by atoms with Gasteiger partial charge in [0.2, 0.25) is 0 Å². The van der Waals surface area contributed by atoms with Crippen molar-refractivity contribution in [2.45, 2.75) is 57.0 Å². The van der Waals surface area contributed by atoms with Crippen molar-refractivity contribution < 1.29 is 0 Å². The van der Waals surface area contributed by atoms with Crippen LogP contribution in [0.5, 0.6) is 0 Å². The van der Waals surface area contributed by atoms with E-state index in [0.29, 0.717) is 0 Å². The maximum atomic E-state index is 6.01.